The fourth-order valence-corrected chi connectivity index (χ4v) is 4.22. The molecule has 0 radical (unpaired) electrons. The summed E-state index contributed by atoms with van der Waals surface area (Å²) in [7, 11) is 2.03. The third-order valence-corrected chi connectivity index (χ3v) is 5.96. The van der Waals surface area contributed by atoms with Gasteiger partial charge in [0.05, 0.1) is 17.8 Å². The van der Waals surface area contributed by atoms with Gasteiger partial charge in [-0.3, -0.25) is 9.69 Å². The molecule has 0 bridgehead atoms. The normalized spacial score (nSPS) is 15.4. The number of aromatic amines is 1. The Labute approximate surface area is 178 Å². The van der Waals surface area contributed by atoms with E-state index in [9.17, 15) is 19.8 Å². The van der Waals surface area contributed by atoms with Crippen LogP contribution in [-0.2, 0) is 20.0 Å². The number of halogens is 1. The lowest BCUT2D eigenvalue weighted by Crippen LogP contribution is -2.36. The van der Waals surface area contributed by atoms with Gasteiger partial charge in [0.25, 0.3) is 5.56 Å². The van der Waals surface area contributed by atoms with E-state index in [-0.39, 0.29) is 19.0 Å². The molecule has 3 aromatic rings. The smallest absolute Gasteiger partial charge is 0.345 e. The summed E-state index contributed by atoms with van der Waals surface area (Å²) < 4.78 is 8.06. The van der Waals surface area contributed by atoms with Gasteiger partial charge in [-0.15, -0.1) is 12.4 Å². The Balaban J connectivity index is 0.00000218. The fourth-order valence-electron chi connectivity index (χ4n) is 4.22. The zero-order valence-electron chi connectivity index (χ0n) is 16.4. The Kier molecular flexibility index (Phi) is 4.99. The van der Waals surface area contributed by atoms with E-state index >= 15 is 0 Å². The molecule has 2 aromatic heterocycles. The first-order valence-electron chi connectivity index (χ1n) is 9.63. The number of aromatic nitrogens is 2. The number of ether oxygens (including phenoxy) is 1. The molecular formula is C21H22ClN3O5. The van der Waals surface area contributed by atoms with Crippen molar-refractivity contribution in [1.29, 1.82) is 0 Å². The minimum absolute atomic E-state index is 0. The molecule has 9 heteroatoms. The Morgan fingerprint density at radius 2 is 2.03 bits per heavy atom. The van der Waals surface area contributed by atoms with Gasteiger partial charge in [-0.1, -0.05) is 0 Å². The van der Waals surface area contributed by atoms with Crippen LogP contribution < -0.4 is 10.3 Å². The number of aryl methyl sites for hydroxylation is 1. The van der Waals surface area contributed by atoms with E-state index in [1.54, 1.807) is 0 Å². The molecule has 0 unspecified atom stereocenters. The van der Waals surface area contributed by atoms with Gasteiger partial charge in [0, 0.05) is 48.3 Å². The van der Waals surface area contributed by atoms with Crippen molar-refractivity contribution in [1.82, 2.24) is 14.5 Å². The van der Waals surface area contributed by atoms with E-state index in [0.717, 1.165) is 30.5 Å². The summed E-state index contributed by atoms with van der Waals surface area (Å²) in [5, 5.41) is 20.7. The molecule has 5 rings (SSSR count). The topological polar surface area (TPSA) is 108 Å². The molecule has 1 fully saturated rings. The first-order valence-corrected chi connectivity index (χ1v) is 9.63. The quantitative estimate of drug-likeness (QED) is 0.588. The minimum Gasteiger partial charge on any atom is -0.506 e. The molecule has 4 heterocycles. The predicted octanol–water partition coefficient (Wildman–Crippen LogP) is 2.50. The largest absolute Gasteiger partial charge is 0.506 e. The Bertz CT molecular complexity index is 1230. The third kappa shape index (κ3) is 3.03. The van der Waals surface area contributed by atoms with Crippen LogP contribution in [0.25, 0.3) is 22.2 Å². The molecular weight excluding hydrogens is 410 g/mol. The first-order chi connectivity index (χ1) is 13.9. The maximum absolute atomic E-state index is 12.3. The number of carbonyl (C=O) groups is 1. The molecule has 0 aliphatic carbocycles. The lowest BCUT2D eigenvalue weighted by molar-refractivity contribution is 0.0691. The molecule has 2 aliphatic rings. The van der Waals surface area contributed by atoms with Crippen LogP contribution in [0.3, 0.4) is 0 Å². The van der Waals surface area contributed by atoms with Crippen LogP contribution in [0.1, 0.15) is 28.0 Å². The molecule has 3 N–H and O–H groups in total. The van der Waals surface area contributed by atoms with Crippen molar-refractivity contribution in [3.63, 3.8) is 0 Å². The molecule has 0 atom stereocenters. The summed E-state index contributed by atoms with van der Waals surface area (Å²) >= 11 is 0. The zero-order chi connectivity index (χ0) is 20.3. The minimum atomic E-state index is -1.45. The average Bonchev–Trinajstić information content (AvgIpc) is 2.82. The van der Waals surface area contributed by atoms with Gasteiger partial charge >= 0.3 is 5.97 Å². The highest BCUT2D eigenvalue weighted by Gasteiger charge is 2.27. The number of nitrogens with zero attached hydrogens (tertiary/aromatic N) is 2. The van der Waals surface area contributed by atoms with Gasteiger partial charge in [0.2, 0.25) is 0 Å². The highest BCUT2D eigenvalue weighted by Crippen LogP contribution is 2.40. The van der Waals surface area contributed by atoms with Crippen LogP contribution in [-0.4, -0.2) is 50.3 Å². The highest BCUT2D eigenvalue weighted by molar-refractivity contribution is 5.94. The van der Waals surface area contributed by atoms with Crippen molar-refractivity contribution in [3.05, 3.63) is 45.4 Å². The van der Waals surface area contributed by atoms with Crippen LogP contribution in [0.4, 0.5) is 0 Å². The van der Waals surface area contributed by atoms with Crippen molar-refractivity contribution >= 4 is 29.3 Å². The summed E-state index contributed by atoms with van der Waals surface area (Å²) in [5.41, 5.74) is 2.21. The molecule has 0 amide bonds. The molecule has 0 spiro atoms. The number of H-pyrrole nitrogens is 1. The van der Waals surface area contributed by atoms with Gasteiger partial charge in [-0.05, 0) is 31.6 Å². The zero-order valence-corrected chi connectivity index (χ0v) is 17.2. The van der Waals surface area contributed by atoms with Crippen LogP contribution in [0.15, 0.2) is 23.0 Å². The number of pyridine rings is 1. The molecule has 158 valence electrons. The summed E-state index contributed by atoms with van der Waals surface area (Å²) in [6.07, 6.45) is 1.53. The second-order valence-corrected chi connectivity index (χ2v) is 7.67. The van der Waals surface area contributed by atoms with Crippen LogP contribution in [0.2, 0.25) is 0 Å². The number of hydrogen-bond acceptors (Lipinski definition) is 5. The van der Waals surface area contributed by atoms with E-state index in [2.05, 4.69) is 20.5 Å². The van der Waals surface area contributed by atoms with E-state index < -0.39 is 22.8 Å². The summed E-state index contributed by atoms with van der Waals surface area (Å²) in [6.45, 7) is 3.38. The van der Waals surface area contributed by atoms with E-state index in [0.29, 0.717) is 29.0 Å². The van der Waals surface area contributed by atoms with E-state index in [1.165, 1.54) is 12.1 Å². The second-order valence-electron chi connectivity index (χ2n) is 7.67. The molecule has 1 aromatic carbocycles. The third-order valence-electron chi connectivity index (χ3n) is 5.96. The van der Waals surface area contributed by atoms with Crippen molar-refractivity contribution in [2.75, 3.05) is 19.7 Å². The Morgan fingerprint density at radius 1 is 1.27 bits per heavy atom. The second kappa shape index (κ2) is 7.37. The number of carboxylic acids is 1. The van der Waals surface area contributed by atoms with Gasteiger partial charge in [0.1, 0.15) is 11.5 Å². The predicted molar refractivity (Wildman–Crippen MR) is 114 cm³/mol. The lowest BCUT2D eigenvalue weighted by Gasteiger charge is -2.30. The van der Waals surface area contributed by atoms with E-state index in [1.807, 2.05) is 19.2 Å². The fraction of sp³-hybridized carbons (Fsp3) is 0.333. The summed E-state index contributed by atoms with van der Waals surface area (Å²) in [4.78, 5) is 28.7. The standard InChI is InChI=1S/C21H21N3O5.ClH/c1-23-12(10-24-4-2-5-24)7-11-8-14-16(9-15(11)23)29-6-3-13-18(14)22-20(26)17(19(13)25)21(27)28;/h7-9H,2-6,10H2,1H3,(H,27,28)(H2,22,25,26);1H. The van der Waals surface area contributed by atoms with Crippen LogP contribution in [0.5, 0.6) is 11.5 Å². The van der Waals surface area contributed by atoms with Crippen molar-refractivity contribution in [3.8, 4) is 22.8 Å². The van der Waals surface area contributed by atoms with Crippen molar-refractivity contribution in [2.45, 2.75) is 19.4 Å². The van der Waals surface area contributed by atoms with Crippen molar-refractivity contribution < 1.29 is 19.7 Å². The van der Waals surface area contributed by atoms with E-state index in [4.69, 9.17) is 4.74 Å². The number of fused-ring (bicyclic) bond motifs is 4. The highest BCUT2D eigenvalue weighted by atomic mass is 35.5. The number of carboxylic acid groups (broad SMARTS) is 1. The number of rotatable bonds is 3. The first kappa shape index (κ1) is 20.3. The molecule has 2 aliphatic heterocycles. The Morgan fingerprint density at radius 3 is 2.70 bits per heavy atom. The molecule has 1 saturated heterocycles. The number of benzene rings is 1. The maximum Gasteiger partial charge on any atom is 0.345 e. The van der Waals surface area contributed by atoms with Gasteiger partial charge in [-0.2, -0.15) is 0 Å². The average molecular weight is 432 g/mol. The molecule has 0 saturated carbocycles. The maximum atomic E-state index is 12.3. The summed E-state index contributed by atoms with van der Waals surface area (Å²) in [5.74, 6) is -1.34. The lowest BCUT2D eigenvalue weighted by atomic mass is 9.99. The van der Waals surface area contributed by atoms with Crippen LogP contribution >= 0.6 is 12.4 Å². The number of nitrogens with one attached hydrogen (secondary N) is 1. The number of likely N-dealkylation sites (tertiary alicyclic amines) is 1. The monoisotopic (exact) mass is 431 g/mol. The van der Waals surface area contributed by atoms with Gasteiger partial charge in [-0.25, -0.2) is 4.79 Å². The number of hydrogen-bond donors (Lipinski definition) is 3. The Hall–Kier alpha value is -2.97. The van der Waals surface area contributed by atoms with Crippen molar-refractivity contribution in [2.24, 2.45) is 7.05 Å². The summed E-state index contributed by atoms with van der Waals surface area (Å²) in [6, 6.07) is 6.01. The molecule has 8 nitrogen and oxygen atoms in total. The molecule has 30 heavy (non-hydrogen) atoms. The van der Waals surface area contributed by atoms with Gasteiger partial charge in [0.15, 0.2) is 5.56 Å². The van der Waals surface area contributed by atoms with Crippen LogP contribution in [0, 0.1) is 0 Å². The number of aromatic hydroxyl groups is 1. The SMILES string of the molecule is Cl.Cn1c(CN2CCC2)cc2cc3c(cc21)OCCc1c-3[nH]c(=O)c(C(=O)O)c1O. The number of aromatic carboxylic acids is 1. The van der Waals surface area contributed by atoms with Gasteiger partial charge < -0.3 is 24.5 Å².